The Morgan fingerprint density at radius 3 is 2.55 bits per heavy atom. The zero-order valence-corrected chi connectivity index (χ0v) is 13.4. The molecule has 2 heteroatoms. The Kier molecular flexibility index (Phi) is 5.69. The SMILES string of the molecule is CNCCCc1ccccc1Sc1ccc(C)cc1C. The predicted molar refractivity (Wildman–Crippen MR) is 88.7 cm³/mol. The first-order chi connectivity index (χ1) is 9.70. The van der Waals surface area contributed by atoms with Crippen LogP contribution < -0.4 is 5.32 Å². The van der Waals surface area contributed by atoms with Gasteiger partial charge in [-0.25, -0.2) is 0 Å². The highest BCUT2D eigenvalue weighted by molar-refractivity contribution is 7.99. The summed E-state index contributed by atoms with van der Waals surface area (Å²) in [5.74, 6) is 0. The number of hydrogen-bond donors (Lipinski definition) is 1. The van der Waals surface area contributed by atoms with Gasteiger partial charge in [0.1, 0.15) is 0 Å². The van der Waals surface area contributed by atoms with Crippen molar-refractivity contribution in [3.05, 3.63) is 59.2 Å². The van der Waals surface area contributed by atoms with Crippen LogP contribution in [0, 0.1) is 13.8 Å². The third kappa shape index (κ3) is 4.12. The zero-order chi connectivity index (χ0) is 14.4. The summed E-state index contributed by atoms with van der Waals surface area (Å²) in [6.45, 7) is 5.41. The Morgan fingerprint density at radius 2 is 1.80 bits per heavy atom. The molecule has 0 amide bonds. The molecule has 2 aromatic rings. The van der Waals surface area contributed by atoms with Gasteiger partial charge in [0.05, 0.1) is 0 Å². The molecule has 2 rings (SSSR count). The van der Waals surface area contributed by atoms with Crippen molar-refractivity contribution >= 4 is 11.8 Å². The number of nitrogens with one attached hydrogen (secondary N) is 1. The lowest BCUT2D eigenvalue weighted by atomic mass is 10.1. The smallest absolute Gasteiger partial charge is 0.0154 e. The first-order valence-corrected chi connectivity index (χ1v) is 8.00. The fraction of sp³-hybridized carbons (Fsp3) is 0.333. The average molecular weight is 285 g/mol. The molecule has 2 aromatic carbocycles. The van der Waals surface area contributed by atoms with Gasteiger partial charge in [0.25, 0.3) is 0 Å². The minimum atomic E-state index is 1.07. The summed E-state index contributed by atoms with van der Waals surface area (Å²) in [7, 11) is 2.01. The summed E-state index contributed by atoms with van der Waals surface area (Å²) in [6.07, 6.45) is 2.32. The number of benzene rings is 2. The predicted octanol–water partition coefficient (Wildman–Crippen LogP) is 4.61. The molecular weight excluding hydrogens is 262 g/mol. The van der Waals surface area contributed by atoms with Crippen LogP contribution in [0.5, 0.6) is 0 Å². The van der Waals surface area contributed by atoms with Gasteiger partial charge in [-0.15, -0.1) is 0 Å². The molecule has 20 heavy (non-hydrogen) atoms. The second-order valence-electron chi connectivity index (χ2n) is 5.19. The molecule has 0 heterocycles. The summed E-state index contributed by atoms with van der Waals surface area (Å²) in [5, 5.41) is 3.22. The molecular formula is C18H23NS. The Hall–Kier alpha value is -1.25. The van der Waals surface area contributed by atoms with Gasteiger partial charge in [0.15, 0.2) is 0 Å². The van der Waals surface area contributed by atoms with E-state index in [9.17, 15) is 0 Å². The normalized spacial score (nSPS) is 10.8. The fourth-order valence-electron chi connectivity index (χ4n) is 2.30. The van der Waals surface area contributed by atoms with Crippen molar-refractivity contribution < 1.29 is 0 Å². The van der Waals surface area contributed by atoms with Crippen LogP contribution in [0.1, 0.15) is 23.1 Å². The zero-order valence-electron chi connectivity index (χ0n) is 12.6. The summed E-state index contributed by atoms with van der Waals surface area (Å²) >= 11 is 1.89. The van der Waals surface area contributed by atoms with E-state index >= 15 is 0 Å². The van der Waals surface area contributed by atoms with E-state index in [4.69, 9.17) is 0 Å². The van der Waals surface area contributed by atoms with Crippen LogP contribution in [-0.4, -0.2) is 13.6 Å². The Bertz CT molecular complexity index is 563. The van der Waals surface area contributed by atoms with Crippen LogP contribution >= 0.6 is 11.8 Å². The average Bonchev–Trinajstić information content (AvgIpc) is 2.44. The summed E-state index contributed by atoms with van der Waals surface area (Å²) in [6, 6.07) is 15.4. The third-order valence-electron chi connectivity index (χ3n) is 3.40. The van der Waals surface area contributed by atoms with Gasteiger partial charge in [-0.05, 0) is 63.5 Å². The standard InChI is InChI=1S/C18H23NS/c1-14-10-11-17(15(2)13-14)20-18-9-5-4-7-16(18)8-6-12-19-3/h4-5,7,9-11,13,19H,6,8,12H2,1-3H3. The van der Waals surface area contributed by atoms with Crippen LogP contribution in [0.4, 0.5) is 0 Å². The quantitative estimate of drug-likeness (QED) is 0.778. The minimum absolute atomic E-state index is 1.07. The van der Waals surface area contributed by atoms with Crippen molar-refractivity contribution in [2.45, 2.75) is 36.5 Å². The van der Waals surface area contributed by atoms with E-state index in [-0.39, 0.29) is 0 Å². The molecule has 0 fully saturated rings. The number of aryl methyl sites for hydroxylation is 3. The molecule has 0 radical (unpaired) electrons. The minimum Gasteiger partial charge on any atom is -0.320 e. The molecule has 1 N–H and O–H groups in total. The van der Waals surface area contributed by atoms with Crippen molar-refractivity contribution in [1.29, 1.82) is 0 Å². The highest BCUT2D eigenvalue weighted by Crippen LogP contribution is 2.33. The van der Waals surface area contributed by atoms with Gasteiger partial charge in [-0.1, -0.05) is 47.7 Å². The lowest BCUT2D eigenvalue weighted by molar-refractivity contribution is 0.720. The lowest BCUT2D eigenvalue weighted by Crippen LogP contribution is -2.08. The molecule has 0 saturated heterocycles. The van der Waals surface area contributed by atoms with Gasteiger partial charge in [0, 0.05) is 9.79 Å². The van der Waals surface area contributed by atoms with Crippen molar-refractivity contribution in [1.82, 2.24) is 5.32 Å². The van der Waals surface area contributed by atoms with Crippen LogP contribution in [0.25, 0.3) is 0 Å². The first-order valence-electron chi connectivity index (χ1n) is 7.18. The van der Waals surface area contributed by atoms with E-state index in [0.29, 0.717) is 0 Å². The number of rotatable bonds is 6. The van der Waals surface area contributed by atoms with E-state index in [0.717, 1.165) is 13.0 Å². The van der Waals surface area contributed by atoms with Crippen molar-refractivity contribution in [2.75, 3.05) is 13.6 Å². The van der Waals surface area contributed by atoms with Gasteiger partial charge >= 0.3 is 0 Å². The maximum absolute atomic E-state index is 3.22. The largest absolute Gasteiger partial charge is 0.320 e. The second-order valence-corrected chi connectivity index (χ2v) is 6.27. The van der Waals surface area contributed by atoms with Crippen LogP contribution in [0.15, 0.2) is 52.3 Å². The highest BCUT2D eigenvalue weighted by atomic mass is 32.2. The molecule has 0 aliphatic carbocycles. The van der Waals surface area contributed by atoms with Crippen LogP contribution in [-0.2, 0) is 6.42 Å². The van der Waals surface area contributed by atoms with E-state index < -0.39 is 0 Å². The summed E-state index contributed by atoms with van der Waals surface area (Å²) < 4.78 is 0. The monoisotopic (exact) mass is 285 g/mol. The van der Waals surface area contributed by atoms with E-state index in [1.807, 2.05) is 18.8 Å². The molecule has 1 nitrogen and oxygen atoms in total. The Balaban J connectivity index is 2.16. The van der Waals surface area contributed by atoms with E-state index in [2.05, 4.69) is 61.6 Å². The molecule has 0 unspecified atom stereocenters. The van der Waals surface area contributed by atoms with E-state index in [1.165, 1.54) is 32.9 Å². The van der Waals surface area contributed by atoms with Crippen LogP contribution in [0.3, 0.4) is 0 Å². The van der Waals surface area contributed by atoms with Crippen LogP contribution in [0.2, 0.25) is 0 Å². The van der Waals surface area contributed by atoms with Crippen molar-refractivity contribution in [2.24, 2.45) is 0 Å². The fourth-order valence-corrected chi connectivity index (χ4v) is 3.34. The summed E-state index contributed by atoms with van der Waals surface area (Å²) in [5.41, 5.74) is 4.14. The third-order valence-corrected chi connectivity index (χ3v) is 4.69. The van der Waals surface area contributed by atoms with Gasteiger partial charge in [-0.3, -0.25) is 0 Å². The first kappa shape index (κ1) is 15.1. The second kappa shape index (κ2) is 7.51. The van der Waals surface area contributed by atoms with Gasteiger partial charge < -0.3 is 5.32 Å². The Morgan fingerprint density at radius 1 is 1.00 bits per heavy atom. The topological polar surface area (TPSA) is 12.0 Å². The molecule has 0 aromatic heterocycles. The number of hydrogen-bond acceptors (Lipinski definition) is 2. The maximum Gasteiger partial charge on any atom is 0.0154 e. The Labute approximate surface area is 126 Å². The van der Waals surface area contributed by atoms with E-state index in [1.54, 1.807) is 0 Å². The molecule has 0 saturated carbocycles. The molecule has 0 aliphatic rings. The van der Waals surface area contributed by atoms with Gasteiger partial charge in [0.2, 0.25) is 0 Å². The molecule has 0 atom stereocenters. The molecule has 0 bridgehead atoms. The molecule has 106 valence electrons. The molecule has 0 spiro atoms. The lowest BCUT2D eigenvalue weighted by Gasteiger charge is -2.11. The van der Waals surface area contributed by atoms with Gasteiger partial charge in [-0.2, -0.15) is 0 Å². The van der Waals surface area contributed by atoms with Crippen molar-refractivity contribution in [3.63, 3.8) is 0 Å². The molecule has 0 aliphatic heterocycles. The van der Waals surface area contributed by atoms with Crippen molar-refractivity contribution in [3.8, 4) is 0 Å². The highest BCUT2D eigenvalue weighted by Gasteiger charge is 2.06. The summed E-state index contributed by atoms with van der Waals surface area (Å²) in [4.78, 5) is 2.74. The maximum atomic E-state index is 3.22.